The molecule has 1 heterocycles. The van der Waals surface area contributed by atoms with Crippen molar-refractivity contribution in [2.45, 2.75) is 32.4 Å². The van der Waals surface area contributed by atoms with Gasteiger partial charge in [-0.05, 0) is 6.42 Å². The van der Waals surface area contributed by atoms with Crippen molar-refractivity contribution in [3.8, 4) is 0 Å². The van der Waals surface area contributed by atoms with Crippen molar-refractivity contribution >= 4 is 0 Å². The zero-order valence-electron chi connectivity index (χ0n) is 12.1. The first-order valence-electron chi connectivity index (χ1n) is 6.49. The van der Waals surface area contributed by atoms with Gasteiger partial charge < -0.3 is 10.1 Å². The number of hydrogen-bond acceptors (Lipinski definition) is 4. The Bertz CT molecular complexity index is 513. The van der Waals surface area contributed by atoms with Crippen LogP contribution in [0.25, 0.3) is 0 Å². The van der Waals surface area contributed by atoms with Crippen LogP contribution in [0.15, 0.2) is 15.7 Å². The van der Waals surface area contributed by atoms with Crippen LogP contribution in [0.4, 0.5) is 0 Å². The van der Waals surface area contributed by atoms with Crippen molar-refractivity contribution in [2.75, 3.05) is 13.7 Å². The van der Waals surface area contributed by atoms with E-state index in [9.17, 15) is 9.59 Å². The summed E-state index contributed by atoms with van der Waals surface area (Å²) in [4.78, 5) is 23.4. The number of nitrogens with one attached hydrogen (secondary N) is 1. The molecule has 0 amide bonds. The van der Waals surface area contributed by atoms with Crippen LogP contribution in [0.3, 0.4) is 0 Å². The number of ether oxygens (including phenoxy) is 1. The summed E-state index contributed by atoms with van der Waals surface area (Å²) < 4.78 is 7.73. The quantitative estimate of drug-likeness (QED) is 0.756. The molecule has 0 radical (unpaired) electrons. The summed E-state index contributed by atoms with van der Waals surface area (Å²) in [5, 5.41) is 3.32. The molecule has 0 aliphatic rings. The number of hydrogen-bond donors (Lipinski definition) is 1. The van der Waals surface area contributed by atoms with Gasteiger partial charge in [0.1, 0.15) is 0 Å². The van der Waals surface area contributed by atoms with Gasteiger partial charge in [0, 0.05) is 45.6 Å². The maximum atomic E-state index is 11.8. The number of rotatable bonds is 7. The first-order chi connectivity index (χ1) is 9.01. The fourth-order valence-electron chi connectivity index (χ4n) is 1.99. The Morgan fingerprint density at radius 1 is 1.32 bits per heavy atom. The number of methoxy groups -OCH3 is 1. The SMILES string of the molecule is CCCC(COC)NCc1cc(=O)n(C)c(=O)n1C. The largest absolute Gasteiger partial charge is 0.383 e. The molecule has 0 fully saturated rings. The zero-order valence-corrected chi connectivity index (χ0v) is 12.1. The van der Waals surface area contributed by atoms with Crippen LogP contribution in [0.5, 0.6) is 0 Å². The highest BCUT2D eigenvalue weighted by Gasteiger charge is 2.10. The minimum atomic E-state index is -0.303. The third-order valence-electron chi connectivity index (χ3n) is 3.20. The number of aromatic nitrogens is 2. The van der Waals surface area contributed by atoms with E-state index in [1.165, 1.54) is 17.7 Å². The van der Waals surface area contributed by atoms with E-state index in [0.717, 1.165) is 17.4 Å². The van der Waals surface area contributed by atoms with Gasteiger partial charge >= 0.3 is 5.69 Å². The van der Waals surface area contributed by atoms with Crippen molar-refractivity contribution in [3.63, 3.8) is 0 Å². The second-order valence-electron chi connectivity index (χ2n) is 4.70. The lowest BCUT2D eigenvalue weighted by Gasteiger charge is -2.18. The lowest BCUT2D eigenvalue weighted by molar-refractivity contribution is 0.161. The minimum Gasteiger partial charge on any atom is -0.383 e. The zero-order chi connectivity index (χ0) is 14.4. The van der Waals surface area contributed by atoms with Crippen LogP contribution in [0.1, 0.15) is 25.5 Å². The Morgan fingerprint density at radius 3 is 2.58 bits per heavy atom. The predicted molar refractivity (Wildman–Crippen MR) is 74.3 cm³/mol. The fourth-order valence-corrected chi connectivity index (χ4v) is 1.99. The van der Waals surface area contributed by atoms with Crippen molar-refractivity contribution in [3.05, 3.63) is 32.6 Å². The molecule has 0 aromatic carbocycles. The van der Waals surface area contributed by atoms with Gasteiger partial charge in [0.2, 0.25) is 0 Å². The molecule has 0 spiro atoms. The van der Waals surface area contributed by atoms with Gasteiger partial charge in [0.05, 0.1) is 6.61 Å². The van der Waals surface area contributed by atoms with Gasteiger partial charge in [-0.15, -0.1) is 0 Å². The minimum absolute atomic E-state index is 0.231. The highest BCUT2D eigenvalue weighted by Crippen LogP contribution is 1.99. The molecule has 1 atom stereocenters. The van der Waals surface area contributed by atoms with E-state index in [1.807, 2.05) is 0 Å². The van der Waals surface area contributed by atoms with E-state index in [2.05, 4.69) is 12.2 Å². The van der Waals surface area contributed by atoms with E-state index < -0.39 is 0 Å². The molecule has 0 aliphatic heterocycles. The summed E-state index contributed by atoms with van der Waals surface area (Å²) in [7, 11) is 4.81. The molecule has 1 unspecified atom stereocenters. The molecule has 6 heteroatoms. The number of nitrogens with zero attached hydrogens (tertiary/aromatic N) is 2. The smallest absolute Gasteiger partial charge is 0.330 e. The van der Waals surface area contributed by atoms with Crippen molar-refractivity contribution < 1.29 is 4.74 Å². The van der Waals surface area contributed by atoms with E-state index in [0.29, 0.717) is 18.8 Å². The Hall–Kier alpha value is -1.40. The highest BCUT2D eigenvalue weighted by molar-refractivity contribution is 5.02. The van der Waals surface area contributed by atoms with E-state index in [4.69, 9.17) is 4.74 Å². The van der Waals surface area contributed by atoms with Crippen LogP contribution in [0.2, 0.25) is 0 Å². The third-order valence-corrected chi connectivity index (χ3v) is 3.20. The molecule has 0 aliphatic carbocycles. The van der Waals surface area contributed by atoms with Gasteiger partial charge in [0.15, 0.2) is 0 Å². The summed E-state index contributed by atoms with van der Waals surface area (Å²) in [6.45, 7) is 3.21. The maximum Gasteiger partial charge on any atom is 0.330 e. The highest BCUT2D eigenvalue weighted by atomic mass is 16.5. The van der Waals surface area contributed by atoms with Crippen molar-refractivity contribution in [1.82, 2.24) is 14.5 Å². The first-order valence-corrected chi connectivity index (χ1v) is 6.49. The van der Waals surface area contributed by atoms with Gasteiger partial charge in [-0.2, -0.15) is 0 Å². The molecule has 0 saturated heterocycles. The van der Waals surface area contributed by atoms with Crippen LogP contribution < -0.4 is 16.6 Å². The second kappa shape index (κ2) is 7.25. The first kappa shape index (κ1) is 15.7. The molecule has 19 heavy (non-hydrogen) atoms. The van der Waals surface area contributed by atoms with Crippen LogP contribution >= 0.6 is 0 Å². The molecule has 1 aromatic rings. The topological polar surface area (TPSA) is 65.3 Å². The molecule has 1 rings (SSSR count). The Morgan fingerprint density at radius 2 is 2.00 bits per heavy atom. The molecule has 6 nitrogen and oxygen atoms in total. The summed E-state index contributed by atoms with van der Waals surface area (Å²) in [6, 6.07) is 1.72. The van der Waals surface area contributed by atoms with Gasteiger partial charge in [-0.25, -0.2) is 4.79 Å². The van der Waals surface area contributed by atoms with Crippen LogP contribution in [-0.2, 0) is 25.4 Å². The molecule has 0 bridgehead atoms. The summed E-state index contributed by atoms with van der Waals surface area (Å²) >= 11 is 0. The second-order valence-corrected chi connectivity index (χ2v) is 4.70. The standard InChI is InChI=1S/C13H23N3O3/c1-5-6-10(9-19-4)14-8-11-7-12(17)16(3)13(18)15(11)2/h7,10,14H,5-6,8-9H2,1-4H3. The average Bonchev–Trinajstić information content (AvgIpc) is 2.39. The lowest BCUT2D eigenvalue weighted by atomic mass is 10.2. The van der Waals surface area contributed by atoms with Crippen LogP contribution in [-0.4, -0.2) is 28.9 Å². The fraction of sp³-hybridized carbons (Fsp3) is 0.692. The summed E-state index contributed by atoms with van der Waals surface area (Å²) in [5.41, 5.74) is 0.104. The van der Waals surface area contributed by atoms with E-state index >= 15 is 0 Å². The van der Waals surface area contributed by atoms with Gasteiger partial charge in [-0.3, -0.25) is 13.9 Å². The Balaban J connectivity index is 2.83. The lowest BCUT2D eigenvalue weighted by Crippen LogP contribution is -2.40. The van der Waals surface area contributed by atoms with E-state index in [1.54, 1.807) is 14.2 Å². The molecule has 1 N–H and O–H groups in total. The Kier molecular flexibility index (Phi) is 5.98. The molecule has 108 valence electrons. The molecule has 1 aromatic heterocycles. The predicted octanol–water partition coefficient (Wildman–Crippen LogP) is -0.0113. The maximum absolute atomic E-state index is 11.8. The summed E-state index contributed by atoms with van der Waals surface area (Å²) in [5.74, 6) is 0. The van der Waals surface area contributed by atoms with E-state index in [-0.39, 0.29) is 17.3 Å². The normalized spacial score (nSPS) is 12.6. The molecule has 0 saturated carbocycles. The van der Waals surface area contributed by atoms with Gasteiger partial charge in [0.25, 0.3) is 5.56 Å². The van der Waals surface area contributed by atoms with Crippen molar-refractivity contribution in [2.24, 2.45) is 14.1 Å². The monoisotopic (exact) mass is 269 g/mol. The van der Waals surface area contributed by atoms with Crippen molar-refractivity contribution in [1.29, 1.82) is 0 Å². The third kappa shape index (κ3) is 4.04. The average molecular weight is 269 g/mol. The van der Waals surface area contributed by atoms with Gasteiger partial charge in [-0.1, -0.05) is 13.3 Å². The molecular weight excluding hydrogens is 246 g/mol. The Labute approximate surface area is 113 Å². The summed E-state index contributed by atoms with van der Waals surface area (Å²) in [6.07, 6.45) is 2.04. The van der Waals surface area contributed by atoms with Crippen LogP contribution in [0, 0.1) is 0 Å². The molecular formula is C13H23N3O3.